The number of benzene rings is 2. The van der Waals surface area contributed by atoms with Crippen LogP contribution in [0.15, 0.2) is 60.7 Å². The van der Waals surface area contributed by atoms with Gasteiger partial charge in [-0.2, -0.15) is 4.37 Å². The lowest BCUT2D eigenvalue weighted by atomic mass is 9.89. The van der Waals surface area contributed by atoms with Gasteiger partial charge in [-0.05, 0) is 29.1 Å². The van der Waals surface area contributed by atoms with Crippen LogP contribution in [0.5, 0.6) is 5.88 Å². The minimum Gasteiger partial charge on any atom is -0.476 e. The van der Waals surface area contributed by atoms with Gasteiger partial charge < -0.3 is 15.4 Å². The number of carbonyl (C=O) groups excluding carboxylic acids is 2. The predicted octanol–water partition coefficient (Wildman–Crippen LogP) is 3.94. The summed E-state index contributed by atoms with van der Waals surface area (Å²) in [5.41, 5.74) is 7.96. The minimum absolute atomic E-state index is 0.0890. The van der Waals surface area contributed by atoms with Crippen molar-refractivity contribution >= 4 is 28.5 Å². The van der Waals surface area contributed by atoms with E-state index in [-0.39, 0.29) is 28.4 Å². The van der Waals surface area contributed by atoms with Gasteiger partial charge in [0.2, 0.25) is 5.88 Å². The van der Waals surface area contributed by atoms with Crippen molar-refractivity contribution in [2.24, 2.45) is 5.73 Å². The molecule has 0 unspecified atom stereocenters. The molecule has 0 spiro atoms. The lowest BCUT2D eigenvalue weighted by molar-refractivity contribution is 0.0997. The number of hydrogen-bond acceptors (Lipinski definition) is 5. The van der Waals surface area contributed by atoms with Crippen molar-refractivity contribution in [3.8, 4) is 5.88 Å². The number of hydrogen-bond donors (Lipinski definition) is 2. The van der Waals surface area contributed by atoms with E-state index in [2.05, 4.69) is 34.0 Å². The number of primary amides is 1. The summed E-state index contributed by atoms with van der Waals surface area (Å²) >= 11 is 0.967. The molecule has 2 aromatic carbocycles. The molecule has 156 valence electrons. The van der Waals surface area contributed by atoms with Crippen molar-refractivity contribution in [2.45, 2.75) is 12.3 Å². The number of nitrogens with one attached hydrogen (secondary N) is 1. The van der Waals surface area contributed by atoms with E-state index in [1.165, 1.54) is 16.0 Å². The third-order valence-electron chi connectivity index (χ3n) is 4.58. The molecule has 0 bridgehead atoms. The SMILES string of the molecule is CN(C)C(=O)Nc1snc(OCCC(c2ccccc2)c2ccccc2)c1C(N)=O. The Labute approximate surface area is 179 Å². The normalized spacial score (nSPS) is 10.6. The fraction of sp³-hybridized carbons (Fsp3) is 0.227. The van der Waals surface area contributed by atoms with Crippen molar-refractivity contribution in [1.29, 1.82) is 0 Å². The Hall–Kier alpha value is -3.39. The number of carbonyl (C=O) groups is 2. The summed E-state index contributed by atoms with van der Waals surface area (Å²) in [4.78, 5) is 25.2. The summed E-state index contributed by atoms with van der Waals surface area (Å²) in [6.07, 6.45) is 0.684. The zero-order chi connectivity index (χ0) is 21.5. The largest absolute Gasteiger partial charge is 0.476 e. The van der Waals surface area contributed by atoms with Gasteiger partial charge >= 0.3 is 6.03 Å². The second-order valence-electron chi connectivity index (χ2n) is 6.89. The maximum Gasteiger partial charge on any atom is 0.321 e. The van der Waals surface area contributed by atoms with E-state index in [1.54, 1.807) is 14.1 Å². The van der Waals surface area contributed by atoms with Crippen molar-refractivity contribution in [3.05, 3.63) is 77.4 Å². The number of nitrogens with zero attached hydrogens (tertiary/aromatic N) is 2. The monoisotopic (exact) mass is 424 g/mol. The lowest BCUT2D eigenvalue weighted by Crippen LogP contribution is -2.28. The molecule has 3 rings (SSSR count). The highest BCUT2D eigenvalue weighted by molar-refractivity contribution is 7.11. The number of urea groups is 1. The van der Waals surface area contributed by atoms with Crippen LogP contribution in [-0.2, 0) is 0 Å². The van der Waals surface area contributed by atoms with E-state index >= 15 is 0 Å². The maximum absolute atomic E-state index is 11.9. The van der Waals surface area contributed by atoms with E-state index in [0.717, 1.165) is 11.5 Å². The highest BCUT2D eigenvalue weighted by Crippen LogP contribution is 2.32. The molecule has 0 saturated carbocycles. The van der Waals surface area contributed by atoms with Gasteiger partial charge in [0.25, 0.3) is 5.91 Å². The molecule has 1 heterocycles. The Kier molecular flexibility index (Phi) is 7.03. The van der Waals surface area contributed by atoms with Gasteiger partial charge in [0.1, 0.15) is 10.6 Å². The van der Waals surface area contributed by atoms with E-state index < -0.39 is 5.91 Å². The van der Waals surface area contributed by atoms with Gasteiger partial charge in [0.15, 0.2) is 0 Å². The molecule has 0 aliphatic rings. The van der Waals surface area contributed by atoms with Crippen LogP contribution in [-0.4, -0.2) is 41.9 Å². The minimum atomic E-state index is -0.699. The van der Waals surface area contributed by atoms with Crippen LogP contribution in [0.1, 0.15) is 33.8 Å². The van der Waals surface area contributed by atoms with Crippen LogP contribution in [0, 0.1) is 0 Å². The van der Waals surface area contributed by atoms with Gasteiger partial charge in [-0.25, -0.2) is 4.79 Å². The van der Waals surface area contributed by atoms with Gasteiger partial charge in [-0.15, -0.1) is 0 Å². The predicted molar refractivity (Wildman–Crippen MR) is 118 cm³/mol. The number of amides is 3. The molecule has 3 aromatic rings. The summed E-state index contributed by atoms with van der Waals surface area (Å²) in [6, 6.07) is 20.0. The maximum atomic E-state index is 11.9. The van der Waals surface area contributed by atoms with Crippen molar-refractivity contribution < 1.29 is 14.3 Å². The number of ether oxygens (including phenoxy) is 1. The average Bonchev–Trinajstić information content (AvgIpc) is 3.15. The highest BCUT2D eigenvalue weighted by atomic mass is 32.1. The molecule has 7 nitrogen and oxygen atoms in total. The second-order valence-corrected chi connectivity index (χ2v) is 7.67. The summed E-state index contributed by atoms with van der Waals surface area (Å²) in [5.74, 6) is -0.423. The quantitative estimate of drug-likeness (QED) is 0.572. The standard InChI is InChI=1S/C22H24N4O3S/c1-26(2)22(28)24-21-18(19(23)27)20(25-30-21)29-14-13-17(15-9-5-3-6-10-15)16-11-7-4-8-12-16/h3-12,17H,13-14H2,1-2H3,(H2,23,27)(H,24,28). The Morgan fingerprint density at radius 1 is 1.07 bits per heavy atom. The molecule has 8 heteroatoms. The first-order chi connectivity index (χ1) is 14.5. The molecular weight excluding hydrogens is 400 g/mol. The van der Waals surface area contributed by atoms with Crippen molar-refractivity contribution in [3.63, 3.8) is 0 Å². The number of nitrogens with two attached hydrogens (primary N) is 1. The van der Waals surface area contributed by atoms with Crippen molar-refractivity contribution in [2.75, 3.05) is 26.0 Å². The summed E-state index contributed by atoms with van der Waals surface area (Å²) in [6.45, 7) is 0.333. The Bertz CT molecular complexity index is 951. The Morgan fingerprint density at radius 3 is 2.13 bits per heavy atom. The van der Waals surface area contributed by atoms with E-state index in [1.807, 2.05) is 36.4 Å². The molecule has 3 N–H and O–H groups in total. The molecule has 0 fully saturated rings. The van der Waals surface area contributed by atoms with E-state index in [0.29, 0.717) is 13.0 Å². The fourth-order valence-corrected chi connectivity index (χ4v) is 3.79. The van der Waals surface area contributed by atoms with Gasteiger partial charge in [-0.1, -0.05) is 60.7 Å². The third-order valence-corrected chi connectivity index (χ3v) is 5.33. The third kappa shape index (κ3) is 5.15. The van der Waals surface area contributed by atoms with Crippen LogP contribution < -0.4 is 15.8 Å². The first-order valence-electron chi connectivity index (χ1n) is 9.48. The van der Waals surface area contributed by atoms with Crippen LogP contribution in [0.25, 0.3) is 0 Å². The molecule has 0 aliphatic heterocycles. The Morgan fingerprint density at radius 2 is 1.63 bits per heavy atom. The van der Waals surface area contributed by atoms with Crippen LogP contribution in [0.3, 0.4) is 0 Å². The molecule has 30 heavy (non-hydrogen) atoms. The van der Waals surface area contributed by atoms with Crippen LogP contribution >= 0.6 is 11.5 Å². The highest BCUT2D eigenvalue weighted by Gasteiger charge is 2.23. The Balaban J connectivity index is 1.75. The zero-order valence-corrected chi connectivity index (χ0v) is 17.7. The van der Waals surface area contributed by atoms with E-state index in [9.17, 15) is 9.59 Å². The molecule has 0 aliphatic carbocycles. The van der Waals surface area contributed by atoms with Crippen LogP contribution in [0.2, 0.25) is 0 Å². The number of rotatable bonds is 8. The first kappa shape index (κ1) is 21.3. The number of anilines is 1. The molecule has 0 radical (unpaired) electrons. The molecule has 1 aromatic heterocycles. The smallest absolute Gasteiger partial charge is 0.321 e. The summed E-state index contributed by atoms with van der Waals surface area (Å²) in [7, 11) is 3.20. The average molecular weight is 425 g/mol. The second kappa shape index (κ2) is 9.89. The number of aromatic nitrogens is 1. The lowest BCUT2D eigenvalue weighted by Gasteiger charge is -2.18. The van der Waals surface area contributed by atoms with Crippen molar-refractivity contribution in [1.82, 2.24) is 9.27 Å². The zero-order valence-electron chi connectivity index (χ0n) is 16.9. The fourth-order valence-electron chi connectivity index (χ4n) is 3.06. The van der Waals surface area contributed by atoms with Crippen LogP contribution in [0.4, 0.5) is 9.80 Å². The summed E-state index contributed by atoms with van der Waals surface area (Å²) < 4.78 is 10.0. The molecule has 0 atom stereocenters. The summed E-state index contributed by atoms with van der Waals surface area (Å²) in [5, 5.41) is 2.90. The van der Waals surface area contributed by atoms with Gasteiger partial charge in [0.05, 0.1) is 6.61 Å². The first-order valence-corrected chi connectivity index (χ1v) is 10.2. The molecular formula is C22H24N4O3S. The molecule has 0 saturated heterocycles. The van der Waals surface area contributed by atoms with Gasteiger partial charge in [0, 0.05) is 20.0 Å². The van der Waals surface area contributed by atoms with E-state index in [4.69, 9.17) is 10.5 Å². The van der Waals surface area contributed by atoms with Gasteiger partial charge in [-0.3, -0.25) is 10.1 Å². The molecule has 3 amide bonds. The topological polar surface area (TPSA) is 97.6 Å².